The smallest absolute Gasteiger partial charge is 0.366 e. The quantitative estimate of drug-likeness (QED) is 0.460. The lowest BCUT2D eigenvalue weighted by Crippen LogP contribution is -2.43. The van der Waals surface area contributed by atoms with E-state index in [0.717, 1.165) is 31.1 Å². The van der Waals surface area contributed by atoms with Gasteiger partial charge in [0.2, 0.25) is 10.0 Å². The van der Waals surface area contributed by atoms with Crippen LogP contribution in [0.3, 0.4) is 0 Å². The van der Waals surface area contributed by atoms with Crippen molar-refractivity contribution in [3.63, 3.8) is 0 Å². The van der Waals surface area contributed by atoms with Gasteiger partial charge in [-0.05, 0) is 32.3 Å². The number of amides is 1. The maximum Gasteiger partial charge on any atom is 0.404 e. The summed E-state index contributed by atoms with van der Waals surface area (Å²) in [6, 6.07) is -1.41. The van der Waals surface area contributed by atoms with E-state index in [0.29, 0.717) is 19.8 Å². The fourth-order valence-corrected chi connectivity index (χ4v) is 4.86. The Hall–Kier alpha value is -3.20. The third-order valence-corrected chi connectivity index (χ3v) is 7.27. The van der Waals surface area contributed by atoms with Gasteiger partial charge in [-0.15, -0.1) is 0 Å². The minimum Gasteiger partial charge on any atom is -0.366 e. The van der Waals surface area contributed by atoms with Crippen molar-refractivity contribution < 1.29 is 35.2 Å². The number of pyridine rings is 1. The van der Waals surface area contributed by atoms with E-state index in [4.69, 9.17) is 5.73 Å². The summed E-state index contributed by atoms with van der Waals surface area (Å²) in [6.07, 6.45) is -2.84. The second-order valence-corrected chi connectivity index (χ2v) is 9.82. The maximum atomic E-state index is 13.3. The van der Waals surface area contributed by atoms with Crippen LogP contribution < -0.4 is 10.5 Å². The standard InChI is InChI=1S/C20H19F5N6O3S/c1-9(20(23,24)25)30-35(33,34)12-7-27-18(28-8-12)15-14(17(26)32)13-5-10(16(21)22)6-29-19(13)31(15)11-3-2-4-11/h5-9,11,16,30H,2-4H2,1H3,(H2,26,32)/t9-/m0/s1. The summed E-state index contributed by atoms with van der Waals surface area (Å²) >= 11 is 0. The largest absolute Gasteiger partial charge is 0.404 e. The summed E-state index contributed by atoms with van der Waals surface area (Å²) in [7, 11) is -4.62. The number of fused-ring (bicyclic) bond motifs is 1. The molecule has 1 atom stereocenters. The van der Waals surface area contributed by atoms with E-state index in [2.05, 4.69) is 15.0 Å². The predicted molar refractivity (Wildman–Crippen MR) is 113 cm³/mol. The van der Waals surface area contributed by atoms with Gasteiger partial charge in [-0.3, -0.25) is 4.79 Å². The zero-order valence-electron chi connectivity index (χ0n) is 18.1. The summed E-state index contributed by atoms with van der Waals surface area (Å²) < 4.78 is 92.7. The number of carbonyl (C=O) groups excluding carboxylic acids is 1. The van der Waals surface area contributed by atoms with Gasteiger partial charge in [0.05, 0.1) is 18.0 Å². The normalized spacial score (nSPS) is 16.0. The number of alkyl halides is 5. The van der Waals surface area contributed by atoms with E-state index in [-0.39, 0.29) is 34.2 Å². The molecular formula is C20H19F5N6O3S. The molecule has 15 heteroatoms. The molecular weight excluding hydrogens is 499 g/mol. The minimum absolute atomic E-state index is 0.0664. The van der Waals surface area contributed by atoms with Crippen LogP contribution in [-0.2, 0) is 10.0 Å². The molecule has 1 amide bonds. The van der Waals surface area contributed by atoms with Crippen molar-refractivity contribution in [3.05, 3.63) is 35.8 Å². The van der Waals surface area contributed by atoms with Crippen LogP contribution >= 0.6 is 0 Å². The van der Waals surface area contributed by atoms with Crippen molar-refractivity contribution in [3.8, 4) is 11.5 Å². The lowest BCUT2D eigenvalue weighted by atomic mass is 9.92. The Balaban J connectivity index is 1.85. The Bertz CT molecular complexity index is 1380. The second kappa shape index (κ2) is 8.78. The monoisotopic (exact) mass is 518 g/mol. The molecule has 4 rings (SSSR count). The van der Waals surface area contributed by atoms with E-state index in [9.17, 15) is 35.2 Å². The van der Waals surface area contributed by atoms with E-state index >= 15 is 0 Å². The molecule has 1 fully saturated rings. The van der Waals surface area contributed by atoms with Crippen LogP contribution in [0.4, 0.5) is 22.0 Å². The van der Waals surface area contributed by atoms with Crippen LogP contribution in [0.2, 0.25) is 0 Å². The molecule has 3 heterocycles. The van der Waals surface area contributed by atoms with Crippen molar-refractivity contribution in [2.24, 2.45) is 5.73 Å². The van der Waals surface area contributed by atoms with Crippen molar-refractivity contribution in [2.75, 3.05) is 0 Å². The van der Waals surface area contributed by atoms with Gasteiger partial charge in [0.1, 0.15) is 22.3 Å². The highest BCUT2D eigenvalue weighted by Gasteiger charge is 2.39. The molecule has 0 radical (unpaired) electrons. The summed E-state index contributed by atoms with van der Waals surface area (Å²) in [5.74, 6) is -1.12. The van der Waals surface area contributed by atoms with Crippen molar-refractivity contribution in [1.82, 2.24) is 24.2 Å². The number of rotatable bonds is 7. The van der Waals surface area contributed by atoms with E-state index in [1.807, 2.05) is 0 Å². The number of aromatic nitrogens is 4. The molecule has 1 aliphatic rings. The topological polar surface area (TPSA) is 133 Å². The molecule has 0 saturated heterocycles. The molecule has 9 nitrogen and oxygen atoms in total. The van der Waals surface area contributed by atoms with Crippen LogP contribution in [0.1, 0.15) is 54.6 Å². The zero-order valence-corrected chi connectivity index (χ0v) is 18.9. The summed E-state index contributed by atoms with van der Waals surface area (Å²) in [5.41, 5.74) is 5.26. The molecule has 1 saturated carbocycles. The molecule has 1 aliphatic carbocycles. The van der Waals surface area contributed by atoms with Gasteiger partial charge in [0, 0.05) is 23.2 Å². The number of hydrogen-bond acceptors (Lipinski definition) is 6. The van der Waals surface area contributed by atoms with Gasteiger partial charge in [-0.1, -0.05) is 0 Å². The molecule has 3 aromatic heterocycles. The molecule has 0 spiro atoms. The van der Waals surface area contributed by atoms with Gasteiger partial charge >= 0.3 is 6.18 Å². The molecule has 3 N–H and O–H groups in total. The number of hydrogen-bond donors (Lipinski definition) is 2. The average molecular weight is 518 g/mol. The lowest BCUT2D eigenvalue weighted by molar-refractivity contribution is -0.147. The lowest BCUT2D eigenvalue weighted by Gasteiger charge is -2.29. The van der Waals surface area contributed by atoms with Crippen LogP contribution in [0.25, 0.3) is 22.6 Å². The number of carbonyl (C=O) groups is 1. The number of sulfonamides is 1. The average Bonchev–Trinajstić information content (AvgIpc) is 3.06. The summed E-state index contributed by atoms with van der Waals surface area (Å²) in [6.45, 7) is 0.642. The third-order valence-electron chi connectivity index (χ3n) is 5.77. The van der Waals surface area contributed by atoms with Crippen LogP contribution in [0.15, 0.2) is 29.6 Å². The Morgan fingerprint density at radius 3 is 2.29 bits per heavy atom. The highest BCUT2D eigenvalue weighted by molar-refractivity contribution is 7.89. The number of primary amides is 1. The Labute approximate surface area is 195 Å². The van der Waals surface area contributed by atoms with Gasteiger partial charge in [0.15, 0.2) is 5.82 Å². The zero-order chi connectivity index (χ0) is 25.7. The fourth-order valence-electron chi connectivity index (χ4n) is 3.74. The second-order valence-electron chi connectivity index (χ2n) is 8.11. The third kappa shape index (κ3) is 4.57. The number of nitrogens with zero attached hydrogens (tertiary/aromatic N) is 4. The van der Waals surface area contributed by atoms with Gasteiger partial charge in [0.25, 0.3) is 12.3 Å². The van der Waals surface area contributed by atoms with Gasteiger partial charge in [-0.2, -0.15) is 17.9 Å². The molecule has 0 aliphatic heterocycles. The van der Waals surface area contributed by atoms with Gasteiger partial charge in [-0.25, -0.2) is 32.2 Å². The highest BCUT2D eigenvalue weighted by Crippen LogP contribution is 2.41. The fraction of sp³-hybridized carbons (Fsp3) is 0.400. The number of nitrogens with two attached hydrogens (primary N) is 1. The molecule has 0 unspecified atom stereocenters. The Morgan fingerprint density at radius 1 is 1.17 bits per heavy atom. The van der Waals surface area contributed by atoms with Crippen molar-refractivity contribution >= 4 is 27.0 Å². The Kier molecular flexibility index (Phi) is 6.25. The SMILES string of the molecule is C[C@H](NS(=O)(=O)c1cnc(-c2c(C(N)=O)c3cc(C(F)F)cnc3n2C2CCC2)nc1)C(F)(F)F. The maximum absolute atomic E-state index is 13.3. The van der Waals surface area contributed by atoms with Crippen LogP contribution in [-0.4, -0.2) is 46.1 Å². The highest BCUT2D eigenvalue weighted by atomic mass is 32.2. The molecule has 0 aromatic carbocycles. The molecule has 0 bridgehead atoms. The summed E-state index contributed by atoms with van der Waals surface area (Å²) in [4.78, 5) is 23.8. The van der Waals surface area contributed by atoms with E-state index in [1.165, 1.54) is 4.72 Å². The van der Waals surface area contributed by atoms with Crippen molar-refractivity contribution in [1.29, 1.82) is 0 Å². The first kappa shape index (κ1) is 24.9. The first-order chi connectivity index (χ1) is 16.3. The van der Waals surface area contributed by atoms with Gasteiger partial charge < -0.3 is 10.3 Å². The minimum atomic E-state index is -4.81. The van der Waals surface area contributed by atoms with Crippen LogP contribution in [0, 0.1) is 0 Å². The predicted octanol–water partition coefficient (Wildman–Crippen LogP) is 3.48. The number of halogens is 5. The molecule has 3 aromatic rings. The van der Waals surface area contributed by atoms with Crippen molar-refractivity contribution in [2.45, 2.75) is 55.8 Å². The Morgan fingerprint density at radius 2 is 1.80 bits per heavy atom. The molecule has 35 heavy (non-hydrogen) atoms. The van der Waals surface area contributed by atoms with E-state index < -0.39 is 45.0 Å². The number of nitrogens with one attached hydrogen (secondary N) is 1. The van der Waals surface area contributed by atoms with Crippen LogP contribution in [0.5, 0.6) is 0 Å². The molecule has 188 valence electrons. The van der Waals surface area contributed by atoms with E-state index in [1.54, 1.807) is 4.57 Å². The first-order valence-electron chi connectivity index (χ1n) is 10.3. The summed E-state index contributed by atoms with van der Waals surface area (Å²) in [5, 5.41) is 0.0677. The first-order valence-corrected chi connectivity index (χ1v) is 11.8.